The Morgan fingerprint density at radius 3 is 2.28 bits per heavy atom. The van der Waals surface area contributed by atoms with Crippen molar-refractivity contribution in [2.45, 2.75) is 52.9 Å². The van der Waals surface area contributed by atoms with Gasteiger partial charge >= 0.3 is 0 Å². The van der Waals surface area contributed by atoms with Crippen LogP contribution in [0.4, 0.5) is 11.4 Å². The van der Waals surface area contributed by atoms with Crippen LogP contribution in [0.2, 0.25) is 0 Å². The van der Waals surface area contributed by atoms with Gasteiger partial charge in [-0.15, -0.1) is 0 Å². The third-order valence-electron chi connectivity index (χ3n) is 5.46. The van der Waals surface area contributed by atoms with Crippen LogP contribution >= 0.6 is 0 Å². The van der Waals surface area contributed by atoms with Crippen molar-refractivity contribution in [1.29, 1.82) is 0 Å². The number of anilines is 2. The van der Waals surface area contributed by atoms with E-state index in [4.69, 9.17) is 0 Å². The second-order valence-corrected chi connectivity index (χ2v) is 8.07. The van der Waals surface area contributed by atoms with Crippen LogP contribution in [0.25, 0.3) is 0 Å². The number of piperazine rings is 1. The lowest BCUT2D eigenvalue weighted by Crippen LogP contribution is -2.44. The highest BCUT2D eigenvalue weighted by molar-refractivity contribution is 5.91. The fourth-order valence-corrected chi connectivity index (χ4v) is 3.82. The average molecular weight is 403 g/mol. The van der Waals surface area contributed by atoms with Gasteiger partial charge in [-0.2, -0.15) is 0 Å². The molecule has 1 heterocycles. The number of nitrogens with zero attached hydrogens (tertiary/aromatic N) is 3. The monoisotopic (exact) mass is 402 g/mol. The molecule has 1 aliphatic rings. The Bertz CT molecular complexity index is 663. The maximum Gasteiger partial charge on any atom is 0.224 e. The van der Waals surface area contributed by atoms with Crippen LogP contribution in [-0.2, 0) is 9.59 Å². The van der Waals surface area contributed by atoms with Gasteiger partial charge in [0.25, 0.3) is 0 Å². The van der Waals surface area contributed by atoms with Crippen molar-refractivity contribution >= 4 is 23.2 Å². The summed E-state index contributed by atoms with van der Waals surface area (Å²) in [6.07, 6.45) is 3.34. The molecule has 29 heavy (non-hydrogen) atoms. The Balaban J connectivity index is 1.80. The summed E-state index contributed by atoms with van der Waals surface area (Å²) in [6.45, 7) is 12.1. The predicted octanol–water partition coefficient (Wildman–Crippen LogP) is 3.50. The van der Waals surface area contributed by atoms with Crippen molar-refractivity contribution in [3.8, 4) is 0 Å². The minimum Gasteiger partial charge on any atom is -0.369 e. The largest absolute Gasteiger partial charge is 0.369 e. The Morgan fingerprint density at radius 1 is 1.03 bits per heavy atom. The molecule has 0 unspecified atom stereocenters. The number of nitrogens with one attached hydrogen (secondary N) is 1. The molecule has 6 nitrogen and oxygen atoms in total. The van der Waals surface area contributed by atoms with Crippen molar-refractivity contribution in [3.63, 3.8) is 0 Å². The third-order valence-corrected chi connectivity index (χ3v) is 5.46. The van der Waals surface area contributed by atoms with Gasteiger partial charge in [0.1, 0.15) is 0 Å². The van der Waals surface area contributed by atoms with Gasteiger partial charge in [-0.3, -0.25) is 9.59 Å². The van der Waals surface area contributed by atoms with Gasteiger partial charge in [0.2, 0.25) is 11.8 Å². The molecule has 0 atom stereocenters. The Hall–Kier alpha value is -2.08. The number of hydrogen-bond donors (Lipinski definition) is 1. The van der Waals surface area contributed by atoms with Crippen molar-refractivity contribution in [2.75, 3.05) is 56.5 Å². The highest BCUT2D eigenvalue weighted by atomic mass is 16.2. The van der Waals surface area contributed by atoms with Crippen LogP contribution < -0.4 is 10.2 Å². The zero-order valence-electron chi connectivity index (χ0n) is 18.7. The van der Waals surface area contributed by atoms with Crippen LogP contribution in [0.3, 0.4) is 0 Å². The van der Waals surface area contributed by atoms with Crippen molar-refractivity contribution in [3.05, 3.63) is 23.8 Å². The number of hydrogen-bond acceptors (Lipinski definition) is 4. The molecule has 2 amide bonds. The lowest BCUT2D eigenvalue weighted by atomic mass is 10.1. The standard InChI is InChI=1S/C23H38N4O2/c1-5-12-27(13-6-2)23(29)9-7-8-22(28)24-20-10-11-21(19(3)18-20)26-16-14-25(4)15-17-26/h10-11,18H,5-9,12-17H2,1-4H3,(H,24,28). The SMILES string of the molecule is CCCN(CCC)C(=O)CCCC(=O)Nc1ccc(N2CCN(C)CC2)c(C)c1. The summed E-state index contributed by atoms with van der Waals surface area (Å²) in [5, 5.41) is 2.98. The summed E-state index contributed by atoms with van der Waals surface area (Å²) in [6, 6.07) is 6.13. The van der Waals surface area contributed by atoms with Gasteiger partial charge in [0.05, 0.1) is 0 Å². The van der Waals surface area contributed by atoms with E-state index < -0.39 is 0 Å². The number of aryl methyl sites for hydroxylation is 1. The summed E-state index contributed by atoms with van der Waals surface area (Å²) in [7, 11) is 2.15. The first-order chi connectivity index (χ1) is 13.9. The fourth-order valence-electron chi connectivity index (χ4n) is 3.82. The third kappa shape index (κ3) is 7.35. The molecule has 6 heteroatoms. The van der Waals surface area contributed by atoms with Gasteiger partial charge in [0.15, 0.2) is 0 Å². The molecule has 1 aliphatic heterocycles. The van der Waals surface area contributed by atoms with Gasteiger partial charge < -0.3 is 20.0 Å². The van der Waals surface area contributed by atoms with Gasteiger partial charge in [-0.25, -0.2) is 0 Å². The fraction of sp³-hybridized carbons (Fsp3) is 0.652. The number of carbonyl (C=O) groups is 2. The highest BCUT2D eigenvalue weighted by Crippen LogP contribution is 2.24. The first-order valence-corrected chi connectivity index (χ1v) is 11.1. The number of carbonyl (C=O) groups excluding carboxylic acids is 2. The van der Waals surface area contributed by atoms with Gasteiger partial charge in [0, 0.05) is 63.5 Å². The van der Waals surface area contributed by atoms with E-state index in [-0.39, 0.29) is 11.8 Å². The summed E-state index contributed by atoms with van der Waals surface area (Å²) < 4.78 is 0. The Labute approximate surface area is 176 Å². The average Bonchev–Trinajstić information content (AvgIpc) is 2.69. The van der Waals surface area contributed by atoms with E-state index in [1.165, 1.54) is 11.3 Å². The lowest BCUT2D eigenvalue weighted by Gasteiger charge is -2.35. The topological polar surface area (TPSA) is 55.9 Å². The quantitative estimate of drug-likeness (QED) is 0.651. The molecular weight excluding hydrogens is 364 g/mol. The molecule has 1 aromatic rings. The van der Waals surface area contributed by atoms with Crippen LogP contribution in [0.15, 0.2) is 18.2 Å². The lowest BCUT2D eigenvalue weighted by molar-refractivity contribution is -0.131. The zero-order valence-corrected chi connectivity index (χ0v) is 18.7. The summed E-state index contributed by atoms with van der Waals surface area (Å²) in [4.78, 5) is 31.3. The molecule has 0 saturated carbocycles. The van der Waals surface area contributed by atoms with Gasteiger partial charge in [-0.1, -0.05) is 13.8 Å². The minimum atomic E-state index is -0.0259. The molecule has 0 spiro atoms. The maximum absolute atomic E-state index is 12.3. The van der Waals surface area contributed by atoms with Crippen LogP contribution in [-0.4, -0.2) is 67.9 Å². The molecule has 1 N–H and O–H groups in total. The number of amides is 2. The highest BCUT2D eigenvalue weighted by Gasteiger charge is 2.16. The predicted molar refractivity (Wildman–Crippen MR) is 121 cm³/mol. The first kappa shape index (κ1) is 23.2. The zero-order chi connectivity index (χ0) is 21.2. The van der Waals surface area contributed by atoms with Crippen LogP contribution in [0.5, 0.6) is 0 Å². The molecule has 2 rings (SSSR count). The first-order valence-electron chi connectivity index (χ1n) is 11.1. The molecule has 162 valence electrons. The molecule has 0 radical (unpaired) electrons. The van der Waals surface area contributed by atoms with Crippen molar-refractivity contribution < 1.29 is 9.59 Å². The Kier molecular flexibility index (Phi) is 9.45. The molecule has 0 bridgehead atoms. The molecule has 0 aromatic heterocycles. The Morgan fingerprint density at radius 2 is 1.69 bits per heavy atom. The second kappa shape index (κ2) is 11.8. The summed E-state index contributed by atoms with van der Waals surface area (Å²) in [5.74, 6) is 0.135. The summed E-state index contributed by atoms with van der Waals surface area (Å²) >= 11 is 0. The van der Waals surface area contributed by atoms with E-state index in [9.17, 15) is 9.59 Å². The van der Waals surface area contributed by atoms with Crippen molar-refractivity contribution in [1.82, 2.24) is 9.80 Å². The van der Waals surface area contributed by atoms with E-state index in [1.807, 2.05) is 17.0 Å². The summed E-state index contributed by atoms with van der Waals surface area (Å²) in [5.41, 5.74) is 3.25. The molecular formula is C23H38N4O2. The van der Waals surface area contributed by atoms with E-state index in [0.29, 0.717) is 19.3 Å². The molecule has 1 aromatic carbocycles. The molecule has 0 aliphatic carbocycles. The van der Waals surface area contributed by atoms with Crippen molar-refractivity contribution in [2.24, 2.45) is 0 Å². The number of benzene rings is 1. The minimum absolute atomic E-state index is 0.0259. The van der Waals surface area contributed by atoms with Crippen LogP contribution in [0, 0.1) is 6.92 Å². The van der Waals surface area contributed by atoms with Gasteiger partial charge in [-0.05, 0) is 57.0 Å². The van der Waals surface area contributed by atoms with E-state index >= 15 is 0 Å². The van der Waals surface area contributed by atoms with E-state index in [1.54, 1.807) is 0 Å². The number of rotatable bonds is 10. The number of likely N-dealkylation sites (N-methyl/N-ethyl adjacent to an activating group) is 1. The van der Waals surface area contributed by atoms with E-state index in [2.05, 4.69) is 49.0 Å². The molecule has 1 saturated heterocycles. The maximum atomic E-state index is 12.3. The normalized spacial score (nSPS) is 14.7. The van der Waals surface area contributed by atoms with E-state index in [0.717, 1.165) is 57.8 Å². The second-order valence-electron chi connectivity index (χ2n) is 8.07. The van der Waals surface area contributed by atoms with Crippen LogP contribution in [0.1, 0.15) is 51.5 Å². The smallest absolute Gasteiger partial charge is 0.224 e. The molecule has 1 fully saturated rings.